The Bertz CT molecular complexity index is 1100. The molecule has 1 aliphatic rings. The average Bonchev–Trinajstić information content (AvgIpc) is 2.89. The molecule has 0 aliphatic carbocycles. The van der Waals surface area contributed by atoms with E-state index in [9.17, 15) is 9.18 Å². The normalized spacial score (nSPS) is 15.0. The number of piperazine rings is 1. The molecule has 1 unspecified atom stereocenters. The molecule has 2 amide bonds. The Morgan fingerprint density at radius 3 is 2.43 bits per heavy atom. The van der Waals surface area contributed by atoms with E-state index in [0.717, 1.165) is 30.0 Å². The molecule has 0 spiro atoms. The van der Waals surface area contributed by atoms with Crippen LogP contribution in [0.2, 0.25) is 5.02 Å². The van der Waals surface area contributed by atoms with Gasteiger partial charge in [-0.3, -0.25) is 4.90 Å². The molecule has 1 atom stereocenters. The zero-order valence-electron chi connectivity index (χ0n) is 19.6. The summed E-state index contributed by atoms with van der Waals surface area (Å²) in [5.74, 6) is 0.463. The molecule has 1 aliphatic heterocycles. The SMILES string of the molecule is COc1cccc(COC(CN2CCN(C(=O)Nc3ccc(F)cc3)CC2)c2ccc(Cl)cc2)c1. The summed E-state index contributed by atoms with van der Waals surface area (Å²) in [5, 5.41) is 3.51. The Morgan fingerprint density at radius 2 is 1.74 bits per heavy atom. The third kappa shape index (κ3) is 7.18. The molecule has 0 saturated carbocycles. The lowest BCUT2D eigenvalue weighted by Gasteiger charge is -2.36. The highest BCUT2D eigenvalue weighted by Crippen LogP contribution is 2.24. The predicted molar refractivity (Wildman–Crippen MR) is 135 cm³/mol. The number of ether oxygens (including phenoxy) is 2. The summed E-state index contributed by atoms with van der Waals surface area (Å²) in [7, 11) is 1.65. The van der Waals surface area contributed by atoms with Crippen LogP contribution in [0.4, 0.5) is 14.9 Å². The predicted octanol–water partition coefficient (Wildman–Crippen LogP) is 5.60. The molecule has 35 heavy (non-hydrogen) atoms. The molecule has 1 fully saturated rings. The number of nitrogens with one attached hydrogen (secondary N) is 1. The van der Waals surface area contributed by atoms with Crippen molar-refractivity contribution in [2.24, 2.45) is 0 Å². The van der Waals surface area contributed by atoms with Crippen molar-refractivity contribution in [3.63, 3.8) is 0 Å². The maximum absolute atomic E-state index is 13.1. The van der Waals surface area contributed by atoms with Crippen LogP contribution in [0.3, 0.4) is 0 Å². The van der Waals surface area contributed by atoms with E-state index in [0.29, 0.717) is 37.0 Å². The quantitative estimate of drug-likeness (QED) is 0.440. The third-order valence-electron chi connectivity index (χ3n) is 6.01. The van der Waals surface area contributed by atoms with E-state index in [4.69, 9.17) is 21.1 Å². The van der Waals surface area contributed by atoms with E-state index in [-0.39, 0.29) is 18.0 Å². The number of rotatable bonds is 8. The van der Waals surface area contributed by atoms with Gasteiger partial charge in [0, 0.05) is 43.4 Å². The standard InChI is InChI=1S/C27H29ClFN3O3/c1-34-25-4-2-3-20(17-25)19-35-26(21-5-7-22(28)8-6-21)18-31-13-15-32(16-14-31)27(33)30-24-11-9-23(29)10-12-24/h2-12,17,26H,13-16,18-19H2,1H3,(H,30,33). The minimum Gasteiger partial charge on any atom is -0.497 e. The van der Waals surface area contributed by atoms with Gasteiger partial charge in [-0.05, 0) is 59.7 Å². The fraction of sp³-hybridized carbons (Fsp3) is 0.296. The number of hydrogen-bond donors (Lipinski definition) is 1. The number of amides is 2. The van der Waals surface area contributed by atoms with Crippen LogP contribution < -0.4 is 10.1 Å². The molecule has 4 rings (SSSR count). The molecule has 0 aromatic heterocycles. The van der Waals surface area contributed by atoms with Crippen LogP contribution in [0.25, 0.3) is 0 Å². The second-order valence-electron chi connectivity index (χ2n) is 8.43. The van der Waals surface area contributed by atoms with Crippen LogP contribution in [0.1, 0.15) is 17.2 Å². The van der Waals surface area contributed by atoms with E-state index >= 15 is 0 Å². The largest absolute Gasteiger partial charge is 0.497 e. The van der Waals surface area contributed by atoms with Crippen LogP contribution >= 0.6 is 11.6 Å². The average molecular weight is 498 g/mol. The van der Waals surface area contributed by atoms with Crippen molar-refractivity contribution in [2.45, 2.75) is 12.7 Å². The fourth-order valence-electron chi connectivity index (χ4n) is 3.99. The van der Waals surface area contributed by atoms with Gasteiger partial charge < -0.3 is 19.7 Å². The summed E-state index contributed by atoms with van der Waals surface area (Å²) >= 11 is 6.10. The van der Waals surface area contributed by atoms with Gasteiger partial charge in [0.15, 0.2) is 0 Å². The third-order valence-corrected chi connectivity index (χ3v) is 6.26. The van der Waals surface area contributed by atoms with Gasteiger partial charge in [-0.25, -0.2) is 9.18 Å². The zero-order valence-corrected chi connectivity index (χ0v) is 20.4. The first-order valence-electron chi connectivity index (χ1n) is 11.5. The summed E-state index contributed by atoms with van der Waals surface area (Å²) in [5.41, 5.74) is 2.66. The van der Waals surface area contributed by atoms with Gasteiger partial charge >= 0.3 is 6.03 Å². The number of anilines is 1. The Morgan fingerprint density at radius 1 is 1.03 bits per heavy atom. The van der Waals surface area contributed by atoms with Crippen LogP contribution in [0, 0.1) is 5.82 Å². The first kappa shape index (κ1) is 25.0. The molecule has 8 heteroatoms. The summed E-state index contributed by atoms with van der Waals surface area (Å²) in [6, 6.07) is 21.2. The van der Waals surface area contributed by atoms with Crippen molar-refractivity contribution >= 4 is 23.3 Å². The molecule has 1 saturated heterocycles. The molecule has 0 radical (unpaired) electrons. The summed E-state index contributed by atoms with van der Waals surface area (Å²) in [4.78, 5) is 16.7. The lowest BCUT2D eigenvalue weighted by Crippen LogP contribution is -2.50. The van der Waals surface area contributed by atoms with E-state index in [1.54, 1.807) is 24.1 Å². The summed E-state index contributed by atoms with van der Waals surface area (Å²) in [6.45, 7) is 3.78. The zero-order chi connectivity index (χ0) is 24.6. The van der Waals surface area contributed by atoms with Crippen LogP contribution in [0.5, 0.6) is 5.75 Å². The van der Waals surface area contributed by atoms with Crippen molar-refractivity contribution < 1.29 is 18.7 Å². The van der Waals surface area contributed by atoms with Crippen molar-refractivity contribution in [1.82, 2.24) is 9.80 Å². The molecule has 3 aromatic rings. The topological polar surface area (TPSA) is 54.0 Å². The van der Waals surface area contributed by atoms with Gasteiger partial charge in [-0.2, -0.15) is 0 Å². The van der Waals surface area contributed by atoms with Gasteiger partial charge in [0.2, 0.25) is 0 Å². The number of hydrogen-bond acceptors (Lipinski definition) is 4. The van der Waals surface area contributed by atoms with Gasteiger partial charge in [0.25, 0.3) is 0 Å². The van der Waals surface area contributed by atoms with Crippen molar-refractivity contribution in [3.05, 3.63) is 94.8 Å². The summed E-state index contributed by atoms with van der Waals surface area (Å²) in [6.07, 6.45) is -0.155. The van der Waals surface area contributed by atoms with Crippen molar-refractivity contribution in [2.75, 3.05) is 45.2 Å². The monoisotopic (exact) mass is 497 g/mol. The number of urea groups is 1. The van der Waals surface area contributed by atoms with E-state index in [1.165, 1.54) is 12.1 Å². The van der Waals surface area contributed by atoms with Gasteiger partial charge in [-0.15, -0.1) is 0 Å². The highest BCUT2D eigenvalue weighted by molar-refractivity contribution is 6.30. The Kier molecular flexibility index (Phi) is 8.58. The van der Waals surface area contributed by atoms with Gasteiger partial charge in [0.1, 0.15) is 11.6 Å². The van der Waals surface area contributed by atoms with Crippen LogP contribution in [0.15, 0.2) is 72.8 Å². The molecule has 0 bridgehead atoms. The Balaban J connectivity index is 1.35. The number of benzene rings is 3. The summed E-state index contributed by atoms with van der Waals surface area (Å²) < 4.78 is 24.8. The molecule has 1 heterocycles. The smallest absolute Gasteiger partial charge is 0.321 e. The second-order valence-corrected chi connectivity index (χ2v) is 8.86. The Hall–Kier alpha value is -3.13. The van der Waals surface area contributed by atoms with Gasteiger partial charge in [0.05, 0.1) is 19.8 Å². The Labute approximate surface area is 210 Å². The van der Waals surface area contributed by atoms with E-state index in [1.807, 2.05) is 48.5 Å². The van der Waals surface area contributed by atoms with E-state index in [2.05, 4.69) is 10.2 Å². The number of nitrogens with zero attached hydrogens (tertiary/aromatic N) is 2. The molecule has 6 nitrogen and oxygen atoms in total. The highest BCUT2D eigenvalue weighted by atomic mass is 35.5. The lowest BCUT2D eigenvalue weighted by molar-refractivity contribution is 0.00588. The first-order valence-corrected chi connectivity index (χ1v) is 11.9. The number of carbonyl (C=O) groups excluding carboxylic acids is 1. The van der Waals surface area contributed by atoms with Crippen LogP contribution in [-0.4, -0.2) is 55.7 Å². The highest BCUT2D eigenvalue weighted by Gasteiger charge is 2.24. The van der Waals surface area contributed by atoms with Crippen molar-refractivity contribution in [1.29, 1.82) is 0 Å². The molecule has 3 aromatic carbocycles. The number of methoxy groups -OCH3 is 1. The number of carbonyl (C=O) groups is 1. The lowest BCUT2D eigenvalue weighted by atomic mass is 10.1. The molecular weight excluding hydrogens is 469 g/mol. The minimum atomic E-state index is -0.333. The molecule has 1 N–H and O–H groups in total. The maximum atomic E-state index is 13.1. The van der Waals surface area contributed by atoms with Gasteiger partial charge in [-0.1, -0.05) is 35.9 Å². The van der Waals surface area contributed by atoms with Crippen LogP contribution in [-0.2, 0) is 11.3 Å². The number of halogens is 2. The second kappa shape index (κ2) is 12.0. The van der Waals surface area contributed by atoms with Crippen molar-refractivity contribution in [3.8, 4) is 5.75 Å². The maximum Gasteiger partial charge on any atom is 0.321 e. The molecular formula is C27H29ClFN3O3. The first-order chi connectivity index (χ1) is 17.0. The minimum absolute atomic E-state index is 0.155. The molecule has 184 valence electrons. The van der Waals surface area contributed by atoms with E-state index < -0.39 is 0 Å². The fourth-order valence-corrected chi connectivity index (χ4v) is 4.12.